The van der Waals surface area contributed by atoms with Gasteiger partial charge in [-0.25, -0.2) is 9.59 Å². The molecule has 6 heteroatoms. The van der Waals surface area contributed by atoms with Crippen LogP contribution in [0.2, 0.25) is 0 Å². The van der Waals surface area contributed by atoms with Crippen molar-refractivity contribution in [1.82, 2.24) is 0 Å². The average Bonchev–Trinajstić information content (AvgIpc) is 2.59. The fourth-order valence-corrected chi connectivity index (χ4v) is 2.16. The second kappa shape index (κ2) is 8.01. The molecule has 2 rings (SSSR count). The third-order valence-electron chi connectivity index (χ3n) is 3.41. The monoisotopic (exact) mass is 330 g/mol. The number of ether oxygens (including phenoxy) is 2. The van der Waals surface area contributed by atoms with Crippen molar-refractivity contribution in [3.05, 3.63) is 60.7 Å². The van der Waals surface area contributed by atoms with Gasteiger partial charge < -0.3 is 19.7 Å². The summed E-state index contributed by atoms with van der Waals surface area (Å²) in [7, 11) is 0. The fourth-order valence-electron chi connectivity index (χ4n) is 2.16. The Hall–Kier alpha value is -3.02. The molecule has 6 nitrogen and oxygen atoms in total. The SMILES string of the molecule is O=C(O)C(CCCOc1ccccc1)(Oc1ccccc1)C(=O)O. The van der Waals surface area contributed by atoms with Gasteiger partial charge in [0.15, 0.2) is 0 Å². The summed E-state index contributed by atoms with van der Waals surface area (Å²) in [6.07, 6.45) is -0.0142. The maximum absolute atomic E-state index is 11.6. The third kappa shape index (κ3) is 4.25. The van der Waals surface area contributed by atoms with Gasteiger partial charge in [0.25, 0.3) is 0 Å². The zero-order chi connectivity index (χ0) is 17.4. The number of hydrogen-bond acceptors (Lipinski definition) is 4. The summed E-state index contributed by atoms with van der Waals surface area (Å²) < 4.78 is 10.8. The zero-order valence-corrected chi connectivity index (χ0v) is 12.9. The van der Waals surface area contributed by atoms with Crippen molar-refractivity contribution in [2.45, 2.75) is 18.4 Å². The van der Waals surface area contributed by atoms with Crippen LogP contribution in [0.15, 0.2) is 60.7 Å². The summed E-state index contributed by atoms with van der Waals surface area (Å²) in [5, 5.41) is 18.9. The molecule has 0 aliphatic rings. The first kappa shape index (κ1) is 17.3. The highest BCUT2D eigenvalue weighted by molar-refractivity contribution is 6.02. The number of carboxylic acid groups (broad SMARTS) is 2. The van der Waals surface area contributed by atoms with Gasteiger partial charge in [0, 0.05) is 6.42 Å². The van der Waals surface area contributed by atoms with Crippen LogP contribution in [0, 0.1) is 0 Å². The predicted molar refractivity (Wildman–Crippen MR) is 86.2 cm³/mol. The van der Waals surface area contributed by atoms with E-state index in [-0.39, 0.29) is 25.2 Å². The number of aliphatic carboxylic acids is 2. The second-order valence-corrected chi connectivity index (χ2v) is 5.12. The Balaban J connectivity index is 2.03. The van der Waals surface area contributed by atoms with E-state index in [0.29, 0.717) is 5.75 Å². The third-order valence-corrected chi connectivity index (χ3v) is 3.41. The summed E-state index contributed by atoms with van der Waals surface area (Å²) >= 11 is 0. The van der Waals surface area contributed by atoms with E-state index in [1.807, 2.05) is 18.2 Å². The Morgan fingerprint density at radius 3 is 1.83 bits per heavy atom. The summed E-state index contributed by atoms with van der Waals surface area (Å²) in [5.41, 5.74) is -2.35. The number of carbonyl (C=O) groups is 2. The lowest BCUT2D eigenvalue weighted by atomic mass is 9.97. The highest BCUT2D eigenvalue weighted by Gasteiger charge is 2.49. The zero-order valence-electron chi connectivity index (χ0n) is 12.9. The number of benzene rings is 2. The molecule has 24 heavy (non-hydrogen) atoms. The Labute approximate surface area is 139 Å². The van der Waals surface area contributed by atoms with Crippen molar-refractivity contribution in [1.29, 1.82) is 0 Å². The van der Waals surface area contributed by atoms with Crippen LogP contribution in [0.5, 0.6) is 11.5 Å². The van der Waals surface area contributed by atoms with Crippen molar-refractivity contribution in [3.63, 3.8) is 0 Å². The topological polar surface area (TPSA) is 93.1 Å². The van der Waals surface area contributed by atoms with Gasteiger partial charge in [-0.15, -0.1) is 0 Å². The number of carboxylic acids is 2. The molecule has 0 saturated heterocycles. The molecule has 2 aromatic rings. The number of para-hydroxylation sites is 2. The Morgan fingerprint density at radius 2 is 1.33 bits per heavy atom. The second-order valence-electron chi connectivity index (χ2n) is 5.12. The summed E-state index contributed by atoms with van der Waals surface area (Å²) in [5.74, 6) is -2.26. The van der Waals surface area contributed by atoms with Crippen LogP contribution in [-0.4, -0.2) is 34.4 Å². The minimum atomic E-state index is -2.35. The number of rotatable bonds is 9. The lowest BCUT2D eigenvalue weighted by molar-refractivity contribution is -0.173. The van der Waals surface area contributed by atoms with Gasteiger partial charge in [0.2, 0.25) is 0 Å². The van der Waals surface area contributed by atoms with E-state index in [1.165, 1.54) is 12.1 Å². The van der Waals surface area contributed by atoms with Gasteiger partial charge in [0.1, 0.15) is 11.5 Å². The van der Waals surface area contributed by atoms with Crippen molar-refractivity contribution in [2.24, 2.45) is 0 Å². The Bertz CT molecular complexity index is 654. The molecule has 0 amide bonds. The highest BCUT2D eigenvalue weighted by Crippen LogP contribution is 2.24. The van der Waals surface area contributed by atoms with Crippen LogP contribution in [0.3, 0.4) is 0 Å². The molecule has 0 unspecified atom stereocenters. The minimum absolute atomic E-state index is 0.185. The van der Waals surface area contributed by atoms with Gasteiger partial charge in [-0.05, 0) is 30.7 Å². The van der Waals surface area contributed by atoms with Gasteiger partial charge in [-0.3, -0.25) is 0 Å². The normalized spacial score (nSPS) is 10.8. The van der Waals surface area contributed by atoms with E-state index >= 15 is 0 Å². The summed E-state index contributed by atoms with van der Waals surface area (Å²) in [4.78, 5) is 23.2. The molecule has 0 aliphatic carbocycles. The van der Waals surface area contributed by atoms with Crippen molar-refractivity contribution < 1.29 is 29.3 Å². The van der Waals surface area contributed by atoms with Crippen LogP contribution in [0.4, 0.5) is 0 Å². The Kier molecular flexibility index (Phi) is 5.78. The van der Waals surface area contributed by atoms with Crippen LogP contribution in [-0.2, 0) is 9.59 Å². The molecule has 126 valence electrons. The molecule has 0 aliphatic heterocycles. The molecule has 2 N–H and O–H groups in total. The fraction of sp³-hybridized carbons (Fsp3) is 0.222. The highest BCUT2D eigenvalue weighted by atomic mass is 16.6. The first-order chi connectivity index (χ1) is 11.5. The van der Waals surface area contributed by atoms with Crippen molar-refractivity contribution in [3.8, 4) is 11.5 Å². The first-order valence-electron chi connectivity index (χ1n) is 7.43. The molecule has 0 heterocycles. The van der Waals surface area contributed by atoms with Crippen LogP contribution >= 0.6 is 0 Å². The van der Waals surface area contributed by atoms with E-state index in [1.54, 1.807) is 30.3 Å². The largest absolute Gasteiger partial charge is 0.494 e. The molecule has 0 spiro atoms. The summed E-state index contributed by atoms with van der Waals surface area (Å²) in [6, 6.07) is 17.0. The van der Waals surface area contributed by atoms with Crippen molar-refractivity contribution >= 4 is 11.9 Å². The smallest absolute Gasteiger partial charge is 0.360 e. The summed E-state index contributed by atoms with van der Waals surface area (Å²) in [6.45, 7) is 0.185. The molecular formula is C18H18O6. The molecule has 2 aromatic carbocycles. The van der Waals surface area contributed by atoms with Crippen LogP contribution in [0.25, 0.3) is 0 Å². The average molecular weight is 330 g/mol. The van der Waals surface area contributed by atoms with E-state index in [2.05, 4.69) is 0 Å². The minimum Gasteiger partial charge on any atom is -0.494 e. The van der Waals surface area contributed by atoms with Gasteiger partial charge in [0.05, 0.1) is 6.61 Å². The maximum atomic E-state index is 11.6. The number of hydrogen-bond donors (Lipinski definition) is 2. The van der Waals surface area contributed by atoms with Gasteiger partial charge in [-0.2, -0.15) is 0 Å². The van der Waals surface area contributed by atoms with Crippen LogP contribution in [0.1, 0.15) is 12.8 Å². The van der Waals surface area contributed by atoms with E-state index < -0.39 is 17.5 Å². The van der Waals surface area contributed by atoms with Gasteiger partial charge in [-0.1, -0.05) is 36.4 Å². The Morgan fingerprint density at radius 1 is 0.833 bits per heavy atom. The lowest BCUT2D eigenvalue weighted by Crippen LogP contribution is -2.52. The quantitative estimate of drug-likeness (QED) is 0.542. The molecule has 0 fully saturated rings. The lowest BCUT2D eigenvalue weighted by Gasteiger charge is -2.26. The maximum Gasteiger partial charge on any atom is 0.360 e. The van der Waals surface area contributed by atoms with E-state index in [4.69, 9.17) is 9.47 Å². The first-order valence-corrected chi connectivity index (χ1v) is 7.43. The van der Waals surface area contributed by atoms with E-state index in [0.717, 1.165) is 0 Å². The molecule has 0 radical (unpaired) electrons. The molecule has 0 saturated carbocycles. The molecule has 0 aromatic heterocycles. The standard InChI is InChI=1S/C18H18O6/c19-16(20)18(17(21)22,24-15-10-5-2-6-11-15)12-7-13-23-14-8-3-1-4-9-14/h1-6,8-11H,7,12-13H2,(H,19,20)(H,21,22). The molecular weight excluding hydrogens is 312 g/mol. The van der Waals surface area contributed by atoms with Crippen molar-refractivity contribution in [2.75, 3.05) is 6.61 Å². The van der Waals surface area contributed by atoms with E-state index in [9.17, 15) is 19.8 Å². The molecule has 0 atom stereocenters. The van der Waals surface area contributed by atoms with Crippen LogP contribution < -0.4 is 9.47 Å². The molecule has 0 bridgehead atoms. The predicted octanol–water partition coefficient (Wildman–Crippen LogP) is 2.83. The van der Waals surface area contributed by atoms with Gasteiger partial charge >= 0.3 is 17.5 Å².